The normalized spacial score (nSPS) is 11.2. The number of rotatable bonds is 4. The van der Waals surface area contributed by atoms with E-state index in [1.54, 1.807) is 0 Å². The highest BCUT2D eigenvalue weighted by atomic mass is 19.1. The van der Waals surface area contributed by atoms with E-state index in [-0.39, 0.29) is 5.71 Å². The molecule has 0 aliphatic carbocycles. The van der Waals surface area contributed by atoms with Gasteiger partial charge >= 0.3 is 0 Å². The van der Waals surface area contributed by atoms with E-state index in [0.717, 1.165) is 0 Å². The predicted molar refractivity (Wildman–Crippen MR) is 51.8 cm³/mol. The van der Waals surface area contributed by atoms with Crippen molar-refractivity contribution in [1.29, 1.82) is 0 Å². The molecule has 80 valence electrons. The first-order valence-electron chi connectivity index (χ1n) is 4.11. The Bertz CT molecular complexity index is 375. The number of nitro groups is 1. The highest BCUT2D eigenvalue weighted by Crippen LogP contribution is 2.05. The van der Waals surface area contributed by atoms with Crippen molar-refractivity contribution in [3.8, 4) is 0 Å². The van der Waals surface area contributed by atoms with Crippen LogP contribution in [0.5, 0.6) is 0 Å². The lowest BCUT2D eigenvalue weighted by Gasteiger charge is -2.00. The Morgan fingerprint density at radius 2 is 2.13 bits per heavy atom. The summed E-state index contributed by atoms with van der Waals surface area (Å²) in [6, 6.07) is 5.24. The second kappa shape index (κ2) is 5.04. The molecule has 1 aromatic carbocycles. The van der Waals surface area contributed by atoms with E-state index in [0.29, 0.717) is 5.56 Å². The molecule has 0 heterocycles. The average Bonchev–Trinajstić information content (AvgIpc) is 2.17. The fraction of sp³-hybridized carbons (Fsp3) is 0.222. The van der Waals surface area contributed by atoms with E-state index in [1.807, 2.05) is 0 Å². The maximum atomic E-state index is 12.6. The van der Waals surface area contributed by atoms with Gasteiger partial charge < -0.3 is 4.84 Å². The summed E-state index contributed by atoms with van der Waals surface area (Å²) in [5, 5.41) is 13.8. The lowest BCUT2D eigenvalue weighted by Crippen LogP contribution is -2.15. The second-order valence-corrected chi connectivity index (χ2v) is 2.72. The van der Waals surface area contributed by atoms with Gasteiger partial charge in [-0.3, -0.25) is 10.1 Å². The first-order valence-corrected chi connectivity index (χ1v) is 4.11. The maximum absolute atomic E-state index is 12.6. The van der Waals surface area contributed by atoms with Gasteiger partial charge in [0.2, 0.25) is 6.54 Å². The van der Waals surface area contributed by atoms with Gasteiger partial charge in [-0.1, -0.05) is 5.16 Å². The van der Waals surface area contributed by atoms with E-state index in [9.17, 15) is 14.5 Å². The summed E-state index contributed by atoms with van der Waals surface area (Å²) in [6.45, 7) is -0.459. The summed E-state index contributed by atoms with van der Waals surface area (Å²) in [7, 11) is 1.30. The number of benzene rings is 1. The SMILES string of the molecule is CON=C(C[N+](=O)[O-])c1ccc(F)cc1. The summed E-state index contributed by atoms with van der Waals surface area (Å²) in [4.78, 5) is 14.3. The third kappa shape index (κ3) is 3.34. The minimum Gasteiger partial charge on any atom is -0.399 e. The van der Waals surface area contributed by atoms with Gasteiger partial charge in [0.25, 0.3) is 0 Å². The lowest BCUT2D eigenvalue weighted by atomic mass is 10.1. The molecule has 0 radical (unpaired) electrons. The molecule has 5 nitrogen and oxygen atoms in total. The first kappa shape index (κ1) is 11.1. The molecule has 0 fully saturated rings. The third-order valence-corrected chi connectivity index (χ3v) is 1.66. The minimum absolute atomic E-state index is 0.155. The Kier molecular flexibility index (Phi) is 3.73. The van der Waals surface area contributed by atoms with Crippen molar-refractivity contribution in [2.75, 3.05) is 13.7 Å². The molecule has 0 bridgehead atoms. The summed E-state index contributed by atoms with van der Waals surface area (Å²) in [6.07, 6.45) is 0. The maximum Gasteiger partial charge on any atom is 0.249 e. The molecular formula is C9H9FN2O3. The van der Waals surface area contributed by atoms with Crippen LogP contribution in [0.4, 0.5) is 4.39 Å². The Morgan fingerprint density at radius 1 is 1.53 bits per heavy atom. The van der Waals surface area contributed by atoms with Crippen molar-refractivity contribution < 1.29 is 14.2 Å². The Balaban J connectivity index is 2.94. The van der Waals surface area contributed by atoms with Crippen molar-refractivity contribution in [2.24, 2.45) is 5.16 Å². The van der Waals surface area contributed by atoms with Gasteiger partial charge in [-0.25, -0.2) is 4.39 Å². The molecule has 0 saturated carbocycles. The Labute approximate surface area is 85.3 Å². The summed E-state index contributed by atoms with van der Waals surface area (Å²) >= 11 is 0. The monoisotopic (exact) mass is 212 g/mol. The summed E-state index contributed by atoms with van der Waals surface area (Å²) < 4.78 is 12.6. The zero-order chi connectivity index (χ0) is 11.3. The highest BCUT2D eigenvalue weighted by Gasteiger charge is 2.11. The van der Waals surface area contributed by atoms with Gasteiger partial charge in [0, 0.05) is 10.5 Å². The molecule has 15 heavy (non-hydrogen) atoms. The Morgan fingerprint density at radius 3 is 2.60 bits per heavy atom. The molecule has 0 spiro atoms. The van der Waals surface area contributed by atoms with Crippen LogP contribution in [0, 0.1) is 15.9 Å². The van der Waals surface area contributed by atoms with Crippen molar-refractivity contribution in [3.63, 3.8) is 0 Å². The van der Waals surface area contributed by atoms with E-state index >= 15 is 0 Å². The van der Waals surface area contributed by atoms with Crippen molar-refractivity contribution in [2.45, 2.75) is 0 Å². The summed E-state index contributed by atoms with van der Waals surface area (Å²) in [5.74, 6) is -0.406. The van der Waals surface area contributed by atoms with Crippen LogP contribution in [0.25, 0.3) is 0 Å². The molecule has 0 unspecified atom stereocenters. The van der Waals surface area contributed by atoms with Crippen molar-refractivity contribution in [1.82, 2.24) is 0 Å². The van der Waals surface area contributed by atoms with E-state index < -0.39 is 17.3 Å². The molecular weight excluding hydrogens is 203 g/mol. The van der Waals surface area contributed by atoms with Gasteiger partial charge in [0.15, 0.2) is 5.71 Å². The van der Waals surface area contributed by atoms with Crippen LogP contribution in [0.15, 0.2) is 29.4 Å². The summed E-state index contributed by atoms with van der Waals surface area (Å²) in [5.41, 5.74) is 0.623. The lowest BCUT2D eigenvalue weighted by molar-refractivity contribution is -0.463. The van der Waals surface area contributed by atoms with Gasteiger partial charge in [-0.2, -0.15) is 0 Å². The number of hydrogen-bond acceptors (Lipinski definition) is 4. The molecule has 0 saturated heterocycles. The number of oxime groups is 1. The van der Waals surface area contributed by atoms with Gasteiger partial charge in [0.1, 0.15) is 12.9 Å². The quantitative estimate of drug-likeness (QED) is 0.431. The van der Waals surface area contributed by atoms with Crippen LogP contribution in [-0.2, 0) is 4.84 Å². The van der Waals surface area contributed by atoms with Crippen molar-refractivity contribution in [3.05, 3.63) is 45.8 Å². The predicted octanol–water partition coefficient (Wildman–Crippen LogP) is 1.45. The fourth-order valence-electron chi connectivity index (χ4n) is 1.05. The first-order chi connectivity index (χ1) is 7.13. The molecule has 0 N–H and O–H groups in total. The van der Waals surface area contributed by atoms with Gasteiger partial charge in [-0.05, 0) is 24.3 Å². The van der Waals surface area contributed by atoms with Gasteiger partial charge in [-0.15, -0.1) is 0 Å². The molecule has 0 aromatic heterocycles. The average molecular weight is 212 g/mol. The van der Waals surface area contributed by atoms with Crippen LogP contribution < -0.4 is 0 Å². The number of hydrogen-bond donors (Lipinski definition) is 0. The Hall–Kier alpha value is -1.98. The largest absolute Gasteiger partial charge is 0.399 e. The molecule has 1 aromatic rings. The van der Waals surface area contributed by atoms with Crippen LogP contribution in [0.1, 0.15) is 5.56 Å². The minimum atomic E-state index is -0.527. The standard InChI is InChI=1S/C9H9FN2O3/c1-15-11-9(6-12(13)14)7-2-4-8(10)5-3-7/h2-5H,6H2,1H3. The van der Waals surface area contributed by atoms with Crippen LogP contribution in [-0.4, -0.2) is 24.3 Å². The molecule has 0 aliphatic rings. The fourth-order valence-corrected chi connectivity index (χ4v) is 1.05. The molecule has 0 aliphatic heterocycles. The molecule has 6 heteroatoms. The van der Waals surface area contributed by atoms with E-state index in [4.69, 9.17) is 0 Å². The zero-order valence-corrected chi connectivity index (χ0v) is 8.01. The second-order valence-electron chi connectivity index (χ2n) is 2.72. The molecule has 0 atom stereocenters. The number of halogens is 1. The zero-order valence-electron chi connectivity index (χ0n) is 8.01. The van der Waals surface area contributed by atoms with Crippen molar-refractivity contribution >= 4 is 5.71 Å². The topological polar surface area (TPSA) is 64.7 Å². The van der Waals surface area contributed by atoms with Crippen LogP contribution >= 0.6 is 0 Å². The van der Waals surface area contributed by atoms with E-state index in [2.05, 4.69) is 9.99 Å². The smallest absolute Gasteiger partial charge is 0.249 e. The van der Waals surface area contributed by atoms with Crippen LogP contribution in [0.3, 0.4) is 0 Å². The highest BCUT2D eigenvalue weighted by molar-refractivity contribution is 6.01. The molecule has 0 amide bonds. The van der Waals surface area contributed by atoms with Gasteiger partial charge in [0.05, 0.1) is 0 Å². The number of nitrogens with zero attached hydrogens (tertiary/aromatic N) is 2. The third-order valence-electron chi connectivity index (χ3n) is 1.66. The molecule has 1 rings (SSSR count). The van der Waals surface area contributed by atoms with E-state index in [1.165, 1.54) is 31.4 Å². The van der Waals surface area contributed by atoms with Crippen LogP contribution in [0.2, 0.25) is 0 Å².